The highest BCUT2D eigenvalue weighted by molar-refractivity contribution is 6.04. The molecule has 1 fully saturated rings. The maximum Gasteiger partial charge on any atom is 0.255 e. The molecule has 1 aromatic heterocycles. The first-order chi connectivity index (χ1) is 12.2. The number of aromatic nitrogens is 1. The molecule has 0 radical (unpaired) electrons. The van der Waals surface area contributed by atoms with Crippen LogP contribution in [0.15, 0.2) is 48.8 Å². The predicted octanol–water partition coefficient (Wildman–Crippen LogP) is 2.66. The Bertz CT molecular complexity index is 727. The number of rotatable bonds is 6. The lowest BCUT2D eigenvalue weighted by Gasteiger charge is -2.10. The summed E-state index contributed by atoms with van der Waals surface area (Å²) in [5.41, 5.74) is 1.86. The minimum absolute atomic E-state index is 0.00418. The molecule has 130 valence electrons. The fraction of sp³-hybridized carbons (Fsp3) is 0.316. The molecule has 25 heavy (non-hydrogen) atoms. The molecule has 2 heterocycles. The molecule has 1 saturated heterocycles. The first kappa shape index (κ1) is 17.1. The summed E-state index contributed by atoms with van der Waals surface area (Å²) >= 11 is 0. The Morgan fingerprint density at radius 2 is 1.88 bits per heavy atom. The van der Waals surface area contributed by atoms with Gasteiger partial charge in [-0.1, -0.05) is 6.07 Å². The van der Waals surface area contributed by atoms with Crippen LogP contribution >= 0.6 is 0 Å². The number of hydrogen-bond donors (Lipinski definition) is 3. The van der Waals surface area contributed by atoms with Crippen molar-refractivity contribution in [3.8, 4) is 0 Å². The second-order valence-electron chi connectivity index (χ2n) is 6.22. The fourth-order valence-electron chi connectivity index (χ4n) is 2.90. The average molecular weight is 338 g/mol. The highest BCUT2D eigenvalue weighted by Gasteiger charge is 2.15. The van der Waals surface area contributed by atoms with Gasteiger partial charge in [-0.3, -0.25) is 14.6 Å². The molecule has 6 heteroatoms. The Kier molecular flexibility index (Phi) is 5.74. The van der Waals surface area contributed by atoms with Crippen LogP contribution in [0.25, 0.3) is 0 Å². The van der Waals surface area contributed by atoms with Crippen LogP contribution in [0.4, 0.5) is 11.4 Å². The van der Waals surface area contributed by atoms with Crippen molar-refractivity contribution in [3.05, 3.63) is 54.4 Å². The molecule has 1 aromatic carbocycles. The monoisotopic (exact) mass is 338 g/mol. The lowest BCUT2D eigenvalue weighted by atomic mass is 10.0. The third-order valence-corrected chi connectivity index (χ3v) is 4.29. The predicted molar refractivity (Wildman–Crippen MR) is 97.5 cm³/mol. The molecule has 1 atom stereocenters. The molecule has 1 aliphatic rings. The summed E-state index contributed by atoms with van der Waals surface area (Å²) in [5, 5.41) is 9.03. The van der Waals surface area contributed by atoms with Gasteiger partial charge in [0, 0.05) is 35.8 Å². The number of nitrogens with zero attached hydrogens (tertiary/aromatic N) is 1. The van der Waals surface area contributed by atoms with Crippen molar-refractivity contribution in [2.75, 3.05) is 23.7 Å². The lowest BCUT2D eigenvalue weighted by molar-refractivity contribution is -0.116. The van der Waals surface area contributed by atoms with Crippen LogP contribution in [0.5, 0.6) is 0 Å². The van der Waals surface area contributed by atoms with Crippen LogP contribution in [0.3, 0.4) is 0 Å². The zero-order valence-electron chi connectivity index (χ0n) is 14.0. The SMILES string of the molecule is O=C(CCC1CCNC1)Nc1cccc(NC(=O)c2ccncc2)c1. The molecule has 6 nitrogen and oxygen atoms in total. The topological polar surface area (TPSA) is 83.1 Å². The van der Waals surface area contributed by atoms with Gasteiger partial charge in [0.25, 0.3) is 5.91 Å². The summed E-state index contributed by atoms with van der Waals surface area (Å²) < 4.78 is 0. The molecular formula is C19H22N4O2. The average Bonchev–Trinajstić information content (AvgIpc) is 3.15. The van der Waals surface area contributed by atoms with Crippen molar-refractivity contribution in [2.45, 2.75) is 19.3 Å². The lowest BCUT2D eigenvalue weighted by Crippen LogP contribution is -2.15. The van der Waals surface area contributed by atoms with Gasteiger partial charge in [0.15, 0.2) is 0 Å². The molecule has 3 rings (SSSR count). The Morgan fingerprint density at radius 3 is 2.60 bits per heavy atom. The van der Waals surface area contributed by atoms with Gasteiger partial charge in [-0.15, -0.1) is 0 Å². The first-order valence-corrected chi connectivity index (χ1v) is 8.53. The molecular weight excluding hydrogens is 316 g/mol. The molecule has 2 amide bonds. The smallest absolute Gasteiger partial charge is 0.255 e. The number of carbonyl (C=O) groups is 2. The molecule has 0 bridgehead atoms. The van der Waals surface area contributed by atoms with E-state index in [2.05, 4.69) is 20.9 Å². The molecule has 0 spiro atoms. The molecule has 3 N–H and O–H groups in total. The summed E-state index contributed by atoms with van der Waals surface area (Å²) in [6.45, 7) is 2.05. The number of anilines is 2. The van der Waals surface area contributed by atoms with Crippen LogP contribution in [0, 0.1) is 5.92 Å². The van der Waals surface area contributed by atoms with E-state index >= 15 is 0 Å². The summed E-state index contributed by atoms with van der Waals surface area (Å²) in [7, 11) is 0. The van der Waals surface area contributed by atoms with Gasteiger partial charge < -0.3 is 16.0 Å². The highest BCUT2D eigenvalue weighted by atomic mass is 16.2. The minimum Gasteiger partial charge on any atom is -0.326 e. The summed E-state index contributed by atoms with van der Waals surface area (Å²) in [5.74, 6) is 0.390. The normalized spacial score (nSPS) is 16.4. The van der Waals surface area contributed by atoms with Crippen molar-refractivity contribution in [3.63, 3.8) is 0 Å². The van der Waals surface area contributed by atoms with Crippen molar-refractivity contribution in [1.29, 1.82) is 0 Å². The van der Waals surface area contributed by atoms with E-state index in [1.807, 2.05) is 6.07 Å². The summed E-state index contributed by atoms with van der Waals surface area (Å²) in [6.07, 6.45) is 5.71. The molecule has 1 aliphatic heterocycles. The number of hydrogen-bond acceptors (Lipinski definition) is 4. The highest BCUT2D eigenvalue weighted by Crippen LogP contribution is 2.18. The van der Waals surface area contributed by atoms with E-state index in [0.717, 1.165) is 25.9 Å². The number of benzene rings is 1. The van der Waals surface area contributed by atoms with Crippen LogP contribution in [-0.2, 0) is 4.79 Å². The minimum atomic E-state index is -0.209. The third-order valence-electron chi connectivity index (χ3n) is 4.29. The summed E-state index contributed by atoms with van der Waals surface area (Å²) in [4.78, 5) is 28.2. The van der Waals surface area contributed by atoms with E-state index in [4.69, 9.17) is 0 Å². The van der Waals surface area contributed by atoms with Gasteiger partial charge in [-0.05, 0) is 62.2 Å². The number of pyridine rings is 1. The van der Waals surface area contributed by atoms with Crippen molar-refractivity contribution >= 4 is 23.2 Å². The fourth-order valence-corrected chi connectivity index (χ4v) is 2.90. The van der Waals surface area contributed by atoms with Crippen LogP contribution < -0.4 is 16.0 Å². The zero-order chi connectivity index (χ0) is 17.5. The van der Waals surface area contributed by atoms with E-state index in [0.29, 0.717) is 29.3 Å². The van der Waals surface area contributed by atoms with Crippen LogP contribution in [0.1, 0.15) is 29.6 Å². The van der Waals surface area contributed by atoms with Gasteiger partial charge in [0.1, 0.15) is 0 Å². The first-order valence-electron chi connectivity index (χ1n) is 8.53. The van der Waals surface area contributed by atoms with Crippen LogP contribution in [0.2, 0.25) is 0 Å². The van der Waals surface area contributed by atoms with Gasteiger partial charge in [0.2, 0.25) is 5.91 Å². The van der Waals surface area contributed by atoms with Crippen molar-refractivity contribution < 1.29 is 9.59 Å². The van der Waals surface area contributed by atoms with Gasteiger partial charge in [0.05, 0.1) is 0 Å². The van der Waals surface area contributed by atoms with E-state index in [9.17, 15) is 9.59 Å². The summed E-state index contributed by atoms with van der Waals surface area (Å²) in [6, 6.07) is 10.5. The van der Waals surface area contributed by atoms with Crippen LogP contribution in [-0.4, -0.2) is 29.9 Å². The Balaban J connectivity index is 1.53. The number of carbonyl (C=O) groups excluding carboxylic acids is 2. The van der Waals surface area contributed by atoms with E-state index in [1.54, 1.807) is 42.7 Å². The maximum atomic E-state index is 12.2. The van der Waals surface area contributed by atoms with Gasteiger partial charge in [-0.25, -0.2) is 0 Å². The number of amides is 2. The maximum absolute atomic E-state index is 12.2. The quantitative estimate of drug-likeness (QED) is 0.756. The van der Waals surface area contributed by atoms with E-state index < -0.39 is 0 Å². The Hall–Kier alpha value is -2.73. The molecule has 0 saturated carbocycles. The Morgan fingerprint density at radius 1 is 1.12 bits per heavy atom. The Labute approximate surface area is 147 Å². The van der Waals surface area contributed by atoms with Crippen molar-refractivity contribution in [1.82, 2.24) is 10.3 Å². The van der Waals surface area contributed by atoms with E-state index in [-0.39, 0.29) is 11.8 Å². The number of nitrogens with one attached hydrogen (secondary N) is 3. The second kappa shape index (κ2) is 8.39. The van der Waals surface area contributed by atoms with Gasteiger partial charge in [-0.2, -0.15) is 0 Å². The standard InChI is InChI=1S/C19H22N4O2/c24-18(5-4-14-6-9-21-13-14)22-16-2-1-3-17(12-16)23-19(25)15-7-10-20-11-8-15/h1-3,7-8,10-12,14,21H,4-6,9,13H2,(H,22,24)(H,23,25). The van der Waals surface area contributed by atoms with Gasteiger partial charge >= 0.3 is 0 Å². The van der Waals surface area contributed by atoms with Crippen molar-refractivity contribution in [2.24, 2.45) is 5.92 Å². The molecule has 2 aromatic rings. The van der Waals surface area contributed by atoms with E-state index in [1.165, 1.54) is 0 Å². The third kappa shape index (κ3) is 5.12. The molecule has 0 aliphatic carbocycles. The second-order valence-corrected chi connectivity index (χ2v) is 6.22. The largest absolute Gasteiger partial charge is 0.326 e. The zero-order valence-corrected chi connectivity index (χ0v) is 14.0. The molecule has 1 unspecified atom stereocenters.